The monoisotopic (exact) mass is 438 g/mol. The molecule has 4 nitrogen and oxygen atoms in total. The summed E-state index contributed by atoms with van der Waals surface area (Å²) >= 11 is 5.84. The fourth-order valence-corrected chi connectivity index (χ4v) is 4.73. The van der Waals surface area contributed by atoms with Crippen LogP contribution in [-0.4, -0.2) is 19.6 Å². The Balaban J connectivity index is 1.61. The lowest BCUT2D eigenvalue weighted by Gasteiger charge is -2.29. The quantitative estimate of drug-likeness (QED) is 0.408. The van der Waals surface area contributed by atoms with Crippen molar-refractivity contribution in [2.75, 3.05) is 0 Å². The molecule has 2 atom stereocenters. The Labute approximate surface area is 194 Å². The molecule has 1 fully saturated rings. The largest absolute Gasteiger partial charge is 0.352 e. The van der Waals surface area contributed by atoms with Crippen LogP contribution in [0.4, 0.5) is 0 Å². The molecule has 1 aliphatic heterocycles. The van der Waals surface area contributed by atoms with E-state index >= 15 is 0 Å². The number of nitrogens with zero attached hydrogens (tertiary/aromatic N) is 3. The van der Waals surface area contributed by atoms with E-state index in [-0.39, 0.29) is 12.1 Å². The van der Waals surface area contributed by atoms with Gasteiger partial charge < -0.3 is 14.8 Å². The molecule has 160 valence electrons. The first-order valence-electron chi connectivity index (χ1n) is 10.9. The summed E-state index contributed by atoms with van der Waals surface area (Å²) in [5.41, 5.74) is 7.14. The van der Waals surface area contributed by atoms with E-state index in [0.717, 1.165) is 23.0 Å². The summed E-state index contributed by atoms with van der Waals surface area (Å²) in [5, 5.41) is 4.31. The van der Waals surface area contributed by atoms with Crippen molar-refractivity contribution in [3.8, 4) is 5.69 Å². The zero-order valence-corrected chi connectivity index (χ0v) is 19.1. The number of thiocarbonyl (C=S) groups is 1. The number of hydrogen-bond donors (Lipinski definition) is 1. The molecule has 5 rings (SSSR count). The molecule has 3 heterocycles. The maximum Gasteiger partial charge on any atom is 0.170 e. The number of aryl methyl sites for hydroxylation is 2. The average Bonchev–Trinajstić information content (AvgIpc) is 3.42. The minimum absolute atomic E-state index is 0.00853. The highest BCUT2D eigenvalue weighted by atomic mass is 32.1. The van der Waals surface area contributed by atoms with Crippen molar-refractivity contribution < 1.29 is 0 Å². The van der Waals surface area contributed by atoms with Crippen LogP contribution in [0.15, 0.2) is 91.3 Å². The van der Waals surface area contributed by atoms with Crippen LogP contribution in [0.25, 0.3) is 5.69 Å². The Morgan fingerprint density at radius 3 is 2.47 bits per heavy atom. The molecule has 0 amide bonds. The molecule has 0 bridgehead atoms. The average molecular weight is 439 g/mol. The first kappa shape index (κ1) is 20.5. The minimum atomic E-state index is -0.0346. The fraction of sp³-hybridized carbons (Fsp3) is 0.185. The molecule has 2 aromatic heterocycles. The number of rotatable bonds is 5. The summed E-state index contributed by atoms with van der Waals surface area (Å²) < 4.78 is 2.28. The highest BCUT2D eigenvalue weighted by Gasteiger charge is 2.41. The van der Waals surface area contributed by atoms with Gasteiger partial charge in [-0.2, -0.15) is 0 Å². The Morgan fingerprint density at radius 2 is 1.72 bits per heavy atom. The highest BCUT2D eigenvalue weighted by Crippen LogP contribution is 2.40. The van der Waals surface area contributed by atoms with E-state index in [9.17, 15) is 0 Å². The molecule has 2 aromatic carbocycles. The Hall–Kier alpha value is -3.44. The summed E-state index contributed by atoms with van der Waals surface area (Å²) in [6, 6.07) is 27.4. The molecule has 4 aromatic rings. The molecule has 5 heteroatoms. The van der Waals surface area contributed by atoms with Gasteiger partial charge in [-0.1, -0.05) is 42.5 Å². The molecule has 0 radical (unpaired) electrons. The van der Waals surface area contributed by atoms with Gasteiger partial charge in [-0.25, -0.2) is 0 Å². The molecule has 0 aliphatic carbocycles. The van der Waals surface area contributed by atoms with Crippen LogP contribution in [0.1, 0.15) is 40.2 Å². The SMILES string of the molecule is Cc1ccc(-n2cccc2[C@H]2[C@H](c3ccccn3)NC(=S)N2Cc2ccccc2)cc1C. The Kier molecular flexibility index (Phi) is 5.50. The van der Waals surface area contributed by atoms with E-state index in [2.05, 4.69) is 100 Å². The van der Waals surface area contributed by atoms with Gasteiger partial charge in [0.2, 0.25) is 0 Å². The van der Waals surface area contributed by atoms with E-state index in [1.807, 2.05) is 24.4 Å². The summed E-state index contributed by atoms with van der Waals surface area (Å²) in [6.45, 7) is 5.04. The molecule has 0 unspecified atom stereocenters. The number of pyridine rings is 1. The van der Waals surface area contributed by atoms with Gasteiger partial charge >= 0.3 is 0 Å². The summed E-state index contributed by atoms with van der Waals surface area (Å²) in [4.78, 5) is 6.96. The van der Waals surface area contributed by atoms with Crippen LogP contribution < -0.4 is 5.32 Å². The predicted molar refractivity (Wildman–Crippen MR) is 133 cm³/mol. The van der Waals surface area contributed by atoms with Crippen molar-refractivity contribution in [1.82, 2.24) is 19.8 Å². The van der Waals surface area contributed by atoms with Gasteiger partial charge in [-0.15, -0.1) is 0 Å². The van der Waals surface area contributed by atoms with E-state index < -0.39 is 0 Å². The summed E-state index contributed by atoms with van der Waals surface area (Å²) in [6.07, 6.45) is 3.98. The second-order valence-electron chi connectivity index (χ2n) is 8.31. The second kappa shape index (κ2) is 8.60. The van der Waals surface area contributed by atoms with Crippen LogP contribution >= 0.6 is 12.2 Å². The molecule has 0 spiro atoms. The molecular weight excluding hydrogens is 412 g/mol. The van der Waals surface area contributed by atoms with Gasteiger partial charge in [0.25, 0.3) is 0 Å². The minimum Gasteiger partial charge on any atom is -0.352 e. The lowest BCUT2D eigenvalue weighted by Crippen LogP contribution is -2.30. The molecule has 1 saturated heterocycles. The topological polar surface area (TPSA) is 33.1 Å². The van der Waals surface area contributed by atoms with Crippen molar-refractivity contribution in [2.24, 2.45) is 0 Å². The highest BCUT2D eigenvalue weighted by molar-refractivity contribution is 7.80. The first-order valence-corrected chi connectivity index (χ1v) is 11.3. The van der Waals surface area contributed by atoms with Gasteiger partial charge in [0.05, 0.1) is 17.8 Å². The van der Waals surface area contributed by atoms with E-state index in [0.29, 0.717) is 0 Å². The van der Waals surface area contributed by atoms with Crippen LogP contribution in [0.2, 0.25) is 0 Å². The van der Waals surface area contributed by atoms with E-state index in [1.165, 1.54) is 22.4 Å². The van der Waals surface area contributed by atoms with Gasteiger partial charge in [-0.05, 0) is 79.2 Å². The van der Waals surface area contributed by atoms with Crippen LogP contribution in [0.5, 0.6) is 0 Å². The van der Waals surface area contributed by atoms with Gasteiger partial charge in [0.15, 0.2) is 5.11 Å². The van der Waals surface area contributed by atoms with Crippen molar-refractivity contribution in [2.45, 2.75) is 32.5 Å². The fourth-order valence-electron chi connectivity index (χ4n) is 4.42. The third-order valence-electron chi connectivity index (χ3n) is 6.25. The maximum atomic E-state index is 5.84. The van der Waals surface area contributed by atoms with E-state index in [1.54, 1.807) is 0 Å². The van der Waals surface area contributed by atoms with Gasteiger partial charge in [-0.3, -0.25) is 4.98 Å². The van der Waals surface area contributed by atoms with Gasteiger partial charge in [0.1, 0.15) is 0 Å². The van der Waals surface area contributed by atoms with Crippen molar-refractivity contribution in [1.29, 1.82) is 0 Å². The van der Waals surface area contributed by atoms with Crippen LogP contribution in [0.3, 0.4) is 0 Å². The molecule has 1 N–H and O–H groups in total. The first-order chi connectivity index (χ1) is 15.6. The standard InChI is InChI=1S/C27H26N4S/c1-19-13-14-22(17-20(19)2)30-16-8-12-24(30)26-25(23-11-6-7-15-28-23)29-27(32)31(26)18-21-9-4-3-5-10-21/h3-17,25-26H,18H2,1-2H3,(H,29,32)/t25-,26-/m0/s1. The zero-order chi connectivity index (χ0) is 22.1. The third kappa shape index (κ3) is 3.80. The van der Waals surface area contributed by atoms with Crippen molar-refractivity contribution in [3.63, 3.8) is 0 Å². The Morgan fingerprint density at radius 1 is 0.906 bits per heavy atom. The molecule has 32 heavy (non-hydrogen) atoms. The summed E-state index contributed by atoms with van der Waals surface area (Å²) in [5.74, 6) is 0. The number of hydrogen-bond acceptors (Lipinski definition) is 2. The number of aromatic nitrogens is 2. The molecular formula is C27H26N4S. The number of nitrogens with one attached hydrogen (secondary N) is 1. The predicted octanol–water partition coefficient (Wildman–Crippen LogP) is 5.66. The summed E-state index contributed by atoms with van der Waals surface area (Å²) in [7, 11) is 0. The van der Waals surface area contributed by atoms with Crippen molar-refractivity contribution in [3.05, 3.63) is 119 Å². The van der Waals surface area contributed by atoms with Crippen LogP contribution in [-0.2, 0) is 6.54 Å². The smallest absolute Gasteiger partial charge is 0.170 e. The lowest BCUT2D eigenvalue weighted by molar-refractivity contribution is 0.302. The second-order valence-corrected chi connectivity index (χ2v) is 8.70. The third-order valence-corrected chi connectivity index (χ3v) is 6.60. The van der Waals surface area contributed by atoms with Crippen LogP contribution in [0, 0.1) is 13.8 Å². The Bertz CT molecular complexity index is 1230. The molecule has 0 saturated carbocycles. The van der Waals surface area contributed by atoms with Crippen molar-refractivity contribution >= 4 is 17.3 Å². The van der Waals surface area contributed by atoms with Gasteiger partial charge in [0, 0.05) is 30.3 Å². The zero-order valence-electron chi connectivity index (χ0n) is 18.3. The molecule has 1 aliphatic rings. The normalized spacial score (nSPS) is 18.1. The lowest BCUT2D eigenvalue weighted by atomic mass is 10.0. The number of benzene rings is 2. The maximum absolute atomic E-state index is 5.84. The van der Waals surface area contributed by atoms with E-state index in [4.69, 9.17) is 12.2 Å².